The summed E-state index contributed by atoms with van der Waals surface area (Å²) < 4.78 is 28.5. The lowest BCUT2D eigenvalue weighted by Crippen LogP contribution is -2.42. The minimum Gasteiger partial charge on any atom is -0.435 e. The summed E-state index contributed by atoms with van der Waals surface area (Å²) in [6, 6.07) is 11.0. The highest BCUT2D eigenvalue weighted by Gasteiger charge is 2.49. The topological polar surface area (TPSA) is 87.7 Å². The first-order chi connectivity index (χ1) is 13.7. The zero-order valence-corrected chi connectivity index (χ0v) is 15.9. The number of rotatable bonds is 6. The van der Waals surface area contributed by atoms with E-state index in [0.717, 1.165) is 4.90 Å². The Bertz CT molecular complexity index is 937. The van der Waals surface area contributed by atoms with Crippen molar-refractivity contribution in [3.8, 4) is 5.75 Å². The van der Waals surface area contributed by atoms with Gasteiger partial charge in [-0.3, -0.25) is 14.5 Å². The normalized spacial score (nSPS) is 18.7. The maximum absolute atomic E-state index is 12.8. The zero-order chi connectivity index (χ0) is 21.2. The van der Waals surface area contributed by atoms with E-state index in [1.54, 1.807) is 24.3 Å². The van der Waals surface area contributed by atoms with E-state index in [1.807, 2.05) is 0 Å². The van der Waals surface area contributed by atoms with Crippen molar-refractivity contribution >= 4 is 35.1 Å². The highest BCUT2D eigenvalue weighted by atomic mass is 35.5. The molecule has 1 atom stereocenters. The van der Waals surface area contributed by atoms with Crippen LogP contribution in [0.5, 0.6) is 5.75 Å². The molecule has 7 nitrogen and oxygen atoms in total. The summed E-state index contributed by atoms with van der Waals surface area (Å²) in [7, 11) is 0. The van der Waals surface area contributed by atoms with Crippen molar-refractivity contribution in [2.45, 2.75) is 19.1 Å². The summed E-state index contributed by atoms with van der Waals surface area (Å²) in [6.45, 7) is -1.93. The van der Waals surface area contributed by atoms with Gasteiger partial charge in [-0.2, -0.15) is 8.78 Å². The number of hydrogen-bond acceptors (Lipinski definition) is 4. The number of urea groups is 1. The van der Waals surface area contributed by atoms with Crippen LogP contribution in [0, 0.1) is 0 Å². The predicted octanol–water partition coefficient (Wildman–Crippen LogP) is 3.35. The molecule has 2 aromatic rings. The van der Waals surface area contributed by atoms with Gasteiger partial charge in [-0.05, 0) is 48.9 Å². The van der Waals surface area contributed by atoms with E-state index >= 15 is 0 Å². The molecule has 3 rings (SSSR count). The smallest absolute Gasteiger partial charge is 0.387 e. The molecule has 0 aromatic heterocycles. The maximum Gasteiger partial charge on any atom is 0.387 e. The Morgan fingerprint density at radius 3 is 2.38 bits per heavy atom. The van der Waals surface area contributed by atoms with Crippen LogP contribution in [0.2, 0.25) is 5.02 Å². The largest absolute Gasteiger partial charge is 0.435 e. The molecule has 0 saturated carbocycles. The van der Waals surface area contributed by atoms with Crippen LogP contribution in [0.15, 0.2) is 48.5 Å². The van der Waals surface area contributed by atoms with E-state index < -0.39 is 36.5 Å². The van der Waals surface area contributed by atoms with Gasteiger partial charge in [-0.1, -0.05) is 23.7 Å². The number of anilines is 1. The lowest BCUT2D eigenvalue weighted by Gasteiger charge is -2.22. The summed E-state index contributed by atoms with van der Waals surface area (Å²) in [5, 5.41) is 5.56. The second-order valence-electron chi connectivity index (χ2n) is 6.40. The summed E-state index contributed by atoms with van der Waals surface area (Å²) in [5.41, 5.74) is -0.502. The number of ether oxygens (including phenoxy) is 1. The molecule has 10 heteroatoms. The fourth-order valence-electron chi connectivity index (χ4n) is 2.88. The molecular weight excluding hydrogens is 408 g/mol. The Hall–Kier alpha value is -3.20. The van der Waals surface area contributed by atoms with Crippen molar-refractivity contribution in [2.24, 2.45) is 0 Å². The first-order valence-corrected chi connectivity index (χ1v) is 8.82. The highest BCUT2D eigenvalue weighted by Crippen LogP contribution is 2.29. The fourth-order valence-corrected chi connectivity index (χ4v) is 3.01. The summed E-state index contributed by atoms with van der Waals surface area (Å²) in [5.74, 6) is -1.28. The van der Waals surface area contributed by atoms with Crippen LogP contribution in [-0.4, -0.2) is 35.9 Å². The van der Waals surface area contributed by atoms with Gasteiger partial charge in [0.1, 0.15) is 17.8 Å². The Morgan fingerprint density at radius 2 is 1.79 bits per heavy atom. The average molecular weight is 424 g/mol. The van der Waals surface area contributed by atoms with Crippen molar-refractivity contribution in [2.75, 3.05) is 11.9 Å². The Balaban J connectivity index is 1.66. The number of alkyl halides is 2. The third-order valence-corrected chi connectivity index (χ3v) is 4.61. The van der Waals surface area contributed by atoms with E-state index in [-0.39, 0.29) is 5.75 Å². The SMILES string of the molecule is CC1(c2ccc(Cl)cc2)NC(=O)N(CC(=O)Nc2ccc(OC(F)F)cc2)C1=O. The fraction of sp³-hybridized carbons (Fsp3) is 0.211. The third kappa shape index (κ3) is 4.45. The van der Waals surface area contributed by atoms with Crippen molar-refractivity contribution < 1.29 is 27.9 Å². The molecule has 0 bridgehead atoms. The number of hydrogen-bond donors (Lipinski definition) is 2. The second-order valence-corrected chi connectivity index (χ2v) is 6.84. The van der Waals surface area contributed by atoms with E-state index in [1.165, 1.54) is 31.2 Å². The van der Waals surface area contributed by atoms with Crippen molar-refractivity contribution in [1.29, 1.82) is 0 Å². The minimum atomic E-state index is -2.95. The molecule has 1 unspecified atom stereocenters. The summed E-state index contributed by atoms with van der Waals surface area (Å²) >= 11 is 5.86. The van der Waals surface area contributed by atoms with Gasteiger partial charge >= 0.3 is 12.6 Å². The first-order valence-electron chi connectivity index (χ1n) is 8.44. The van der Waals surface area contributed by atoms with E-state index in [2.05, 4.69) is 15.4 Å². The molecule has 0 spiro atoms. The quantitative estimate of drug-likeness (QED) is 0.697. The van der Waals surface area contributed by atoms with Crippen LogP contribution in [0.4, 0.5) is 19.3 Å². The minimum absolute atomic E-state index is 0.0640. The lowest BCUT2D eigenvalue weighted by atomic mass is 9.92. The Labute approximate surface area is 169 Å². The van der Waals surface area contributed by atoms with Gasteiger partial charge in [-0.15, -0.1) is 0 Å². The molecule has 1 fully saturated rings. The van der Waals surface area contributed by atoms with Gasteiger partial charge in [0.25, 0.3) is 5.91 Å². The van der Waals surface area contributed by atoms with Gasteiger partial charge < -0.3 is 15.4 Å². The molecule has 4 amide bonds. The van der Waals surface area contributed by atoms with Crippen LogP contribution in [0.1, 0.15) is 12.5 Å². The van der Waals surface area contributed by atoms with E-state index in [0.29, 0.717) is 16.3 Å². The molecular formula is C19H16ClF2N3O4. The Morgan fingerprint density at radius 1 is 1.17 bits per heavy atom. The van der Waals surface area contributed by atoms with Crippen LogP contribution in [0.3, 0.4) is 0 Å². The number of carbonyl (C=O) groups is 3. The summed E-state index contributed by atoms with van der Waals surface area (Å²) in [6.07, 6.45) is 0. The second kappa shape index (κ2) is 8.04. The van der Waals surface area contributed by atoms with Gasteiger partial charge in [0.05, 0.1) is 0 Å². The predicted molar refractivity (Wildman–Crippen MR) is 101 cm³/mol. The van der Waals surface area contributed by atoms with Gasteiger partial charge in [0.2, 0.25) is 5.91 Å². The van der Waals surface area contributed by atoms with Crippen LogP contribution >= 0.6 is 11.6 Å². The maximum atomic E-state index is 12.8. The number of benzene rings is 2. The molecule has 29 heavy (non-hydrogen) atoms. The highest BCUT2D eigenvalue weighted by molar-refractivity contribution is 6.30. The molecule has 1 heterocycles. The van der Waals surface area contributed by atoms with Crippen molar-refractivity contribution in [1.82, 2.24) is 10.2 Å². The third-order valence-electron chi connectivity index (χ3n) is 4.36. The monoisotopic (exact) mass is 423 g/mol. The molecule has 1 saturated heterocycles. The number of carbonyl (C=O) groups excluding carboxylic acids is 3. The summed E-state index contributed by atoms with van der Waals surface area (Å²) in [4.78, 5) is 38.1. The van der Waals surface area contributed by atoms with E-state index in [9.17, 15) is 23.2 Å². The molecule has 0 radical (unpaired) electrons. The average Bonchev–Trinajstić information content (AvgIpc) is 2.87. The van der Waals surface area contributed by atoms with Crippen molar-refractivity contribution in [3.05, 3.63) is 59.1 Å². The number of amides is 4. The molecule has 1 aliphatic heterocycles. The zero-order valence-electron chi connectivity index (χ0n) is 15.1. The number of nitrogens with one attached hydrogen (secondary N) is 2. The molecule has 1 aliphatic rings. The van der Waals surface area contributed by atoms with Crippen LogP contribution in [0.25, 0.3) is 0 Å². The van der Waals surface area contributed by atoms with Gasteiger partial charge in [0.15, 0.2) is 0 Å². The number of imide groups is 1. The van der Waals surface area contributed by atoms with E-state index in [4.69, 9.17) is 11.6 Å². The van der Waals surface area contributed by atoms with Crippen molar-refractivity contribution in [3.63, 3.8) is 0 Å². The number of halogens is 3. The Kier molecular flexibility index (Phi) is 5.69. The lowest BCUT2D eigenvalue weighted by molar-refractivity contribution is -0.133. The van der Waals surface area contributed by atoms with Crippen LogP contribution < -0.4 is 15.4 Å². The molecule has 152 valence electrons. The molecule has 0 aliphatic carbocycles. The van der Waals surface area contributed by atoms with Crippen LogP contribution in [-0.2, 0) is 15.1 Å². The first kappa shape index (κ1) is 20.5. The molecule has 2 N–H and O–H groups in total. The standard InChI is InChI=1S/C19H16ClF2N3O4/c1-19(11-2-4-12(20)5-3-11)16(27)25(18(28)24-19)10-15(26)23-13-6-8-14(9-7-13)29-17(21)22/h2-9,17H,10H2,1H3,(H,23,26)(H,24,28). The van der Waals surface area contributed by atoms with Gasteiger partial charge in [-0.25, -0.2) is 4.79 Å². The molecule has 2 aromatic carbocycles. The number of nitrogens with zero attached hydrogens (tertiary/aromatic N) is 1. The van der Waals surface area contributed by atoms with Gasteiger partial charge in [0, 0.05) is 10.7 Å².